The SMILES string of the molecule is Cl.O=C1OCCN1C1CCN(c2nc(-c3cc(F)c(Cl)cc3F)nc3c2CS(=O)(=O)C3)CC1. The van der Waals surface area contributed by atoms with E-state index in [1.807, 2.05) is 4.90 Å². The zero-order valence-electron chi connectivity index (χ0n) is 17.3. The fourth-order valence-corrected chi connectivity index (χ4v) is 6.11. The second kappa shape index (κ2) is 8.84. The van der Waals surface area contributed by atoms with Crippen LogP contribution in [0.2, 0.25) is 5.02 Å². The molecule has 178 valence electrons. The molecular formula is C20H20Cl2F2N4O4S. The molecule has 2 fully saturated rings. The van der Waals surface area contributed by atoms with E-state index in [1.165, 1.54) is 0 Å². The van der Waals surface area contributed by atoms with E-state index in [9.17, 15) is 22.0 Å². The van der Waals surface area contributed by atoms with Gasteiger partial charge in [0.1, 0.15) is 24.1 Å². The third-order valence-corrected chi connectivity index (χ3v) is 7.77. The molecule has 1 amide bonds. The van der Waals surface area contributed by atoms with Gasteiger partial charge in [0.2, 0.25) is 0 Å². The van der Waals surface area contributed by atoms with Crippen molar-refractivity contribution in [2.45, 2.75) is 30.4 Å². The van der Waals surface area contributed by atoms with Crippen molar-refractivity contribution in [2.24, 2.45) is 0 Å². The van der Waals surface area contributed by atoms with Crippen LogP contribution in [0.3, 0.4) is 0 Å². The van der Waals surface area contributed by atoms with Crippen LogP contribution >= 0.6 is 24.0 Å². The predicted octanol–water partition coefficient (Wildman–Crippen LogP) is 3.35. The second-order valence-corrected chi connectivity index (χ2v) is 10.6. The van der Waals surface area contributed by atoms with Crippen LogP contribution in [0.4, 0.5) is 19.4 Å². The largest absolute Gasteiger partial charge is 0.448 e. The van der Waals surface area contributed by atoms with Crippen LogP contribution in [-0.2, 0) is 26.1 Å². The van der Waals surface area contributed by atoms with Crippen molar-refractivity contribution in [3.8, 4) is 11.4 Å². The molecule has 2 aromatic rings. The number of sulfone groups is 1. The molecule has 1 aromatic heterocycles. The third kappa shape index (κ3) is 4.45. The summed E-state index contributed by atoms with van der Waals surface area (Å²) in [6.07, 6.45) is 0.986. The van der Waals surface area contributed by atoms with Gasteiger partial charge in [0, 0.05) is 24.7 Å². The number of nitrogens with zero attached hydrogens (tertiary/aromatic N) is 4. The van der Waals surface area contributed by atoms with E-state index in [0.717, 1.165) is 12.1 Å². The molecule has 0 spiro atoms. The molecule has 1 aromatic carbocycles. The Morgan fingerprint density at radius 1 is 1.06 bits per heavy atom. The fraction of sp³-hybridized carbons (Fsp3) is 0.450. The molecule has 0 N–H and O–H groups in total. The molecular weight excluding hydrogens is 501 g/mol. The van der Waals surface area contributed by atoms with Crippen molar-refractivity contribution < 1.29 is 26.7 Å². The number of carbonyl (C=O) groups excluding carboxylic acids is 1. The van der Waals surface area contributed by atoms with Gasteiger partial charge in [-0.15, -0.1) is 12.4 Å². The standard InChI is InChI=1S/C20H19ClF2N4O4S.ClH/c21-14-8-15(22)12(7-16(14)23)18-24-17-10-32(29,30)9-13(17)19(25-18)26-3-1-11(2-4-26)27-5-6-31-20(27)28;/h7-8,11H,1-6,9-10H2;1H. The molecule has 3 aliphatic rings. The molecule has 4 heterocycles. The number of amides is 1. The fourth-order valence-electron chi connectivity index (χ4n) is 4.47. The van der Waals surface area contributed by atoms with Gasteiger partial charge >= 0.3 is 6.09 Å². The number of benzene rings is 1. The van der Waals surface area contributed by atoms with Gasteiger partial charge in [-0.3, -0.25) is 0 Å². The Kier molecular flexibility index (Phi) is 6.41. The number of piperidine rings is 1. The average Bonchev–Trinajstić information content (AvgIpc) is 3.31. The molecule has 13 heteroatoms. The molecule has 0 unspecified atom stereocenters. The molecule has 0 bridgehead atoms. The topological polar surface area (TPSA) is 92.7 Å². The number of fused-ring (bicyclic) bond motifs is 1. The zero-order valence-corrected chi connectivity index (χ0v) is 19.7. The summed E-state index contributed by atoms with van der Waals surface area (Å²) < 4.78 is 58.2. The summed E-state index contributed by atoms with van der Waals surface area (Å²) in [7, 11) is -3.41. The van der Waals surface area contributed by atoms with Crippen molar-refractivity contribution in [3.05, 3.63) is 40.0 Å². The van der Waals surface area contributed by atoms with E-state index in [-0.39, 0.29) is 52.5 Å². The van der Waals surface area contributed by atoms with E-state index < -0.39 is 21.5 Å². The van der Waals surface area contributed by atoms with E-state index in [0.29, 0.717) is 56.2 Å². The summed E-state index contributed by atoms with van der Waals surface area (Å²) in [6, 6.07) is 1.79. The monoisotopic (exact) mass is 520 g/mol. The lowest BCUT2D eigenvalue weighted by Gasteiger charge is -2.36. The van der Waals surface area contributed by atoms with Crippen LogP contribution in [0.25, 0.3) is 11.4 Å². The summed E-state index contributed by atoms with van der Waals surface area (Å²) in [4.78, 5) is 24.2. The van der Waals surface area contributed by atoms with Crippen LogP contribution in [0.5, 0.6) is 0 Å². The minimum atomic E-state index is -3.41. The number of carbonyl (C=O) groups is 1. The Morgan fingerprint density at radius 3 is 2.45 bits per heavy atom. The van der Waals surface area contributed by atoms with Gasteiger partial charge in [0.15, 0.2) is 15.7 Å². The maximum Gasteiger partial charge on any atom is 0.410 e. The first kappa shape index (κ1) is 23.9. The number of cyclic esters (lactones) is 1. The van der Waals surface area contributed by atoms with Gasteiger partial charge in [0.05, 0.1) is 34.3 Å². The summed E-state index contributed by atoms with van der Waals surface area (Å²) in [6.45, 7) is 1.98. The Morgan fingerprint density at radius 2 is 1.79 bits per heavy atom. The van der Waals surface area contributed by atoms with Gasteiger partial charge < -0.3 is 14.5 Å². The summed E-state index contributed by atoms with van der Waals surface area (Å²) in [5.74, 6) is -1.78. The molecule has 8 nitrogen and oxygen atoms in total. The number of ether oxygens (including phenoxy) is 1. The number of hydrogen-bond donors (Lipinski definition) is 0. The highest BCUT2D eigenvalue weighted by Gasteiger charge is 2.36. The van der Waals surface area contributed by atoms with E-state index in [4.69, 9.17) is 16.3 Å². The minimum absolute atomic E-state index is 0. The lowest BCUT2D eigenvalue weighted by atomic mass is 10.0. The van der Waals surface area contributed by atoms with E-state index >= 15 is 0 Å². The summed E-state index contributed by atoms with van der Waals surface area (Å²) in [5, 5.41) is -0.363. The lowest BCUT2D eigenvalue weighted by Crippen LogP contribution is -2.45. The quantitative estimate of drug-likeness (QED) is 0.572. The number of anilines is 1. The first-order valence-electron chi connectivity index (χ1n) is 10.2. The van der Waals surface area contributed by atoms with Gasteiger partial charge in [0.25, 0.3) is 0 Å². The Hall–Kier alpha value is -2.24. The maximum atomic E-state index is 14.5. The zero-order chi connectivity index (χ0) is 22.6. The number of aromatic nitrogens is 2. The van der Waals surface area contributed by atoms with Gasteiger partial charge in [-0.1, -0.05) is 11.6 Å². The van der Waals surface area contributed by atoms with Crippen LogP contribution < -0.4 is 4.90 Å². The van der Waals surface area contributed by atoms with Crippen molar-refractivity contribution >= 4 is 45.8 Å². The third-order valence-electron chi connectivity index (χ3n) is 6.04. The summed E-state index contributed by atoms with van der Waals surface area (Å²) in [5.41, 5.74) is 0.600. The molecule has 0 saturated carbocycles. The Balaban J connectivity index is 0.00000259. The van der Waals surface area contributed by atoms with Gasteiger partial charge in [-0.2, -0.15) is 0 Å². The number of halogens is 4. The second-order valence-electron chi connectivity index (χ2n) is 8.10. The number of hydrogen-bond acceptors (Lipinski definition) is 7. The van der Waals surface area contributed by atoms with Crippen LogP contribution in [-0.4, -0.2) is 61.7 Å². The number of rotatable bonds is 3. The van der Waals surface area contributed by atoms with Crippen LogP contribution in [0.15, 0.2) is 12.1 Å². The van der Waals surface area contributed by atoms with Crippen molar-refractivity contribution in [1.29, 1.82) is 0 Å². The molecule has 3 aliphatic heterocycles. The average molecular weight is 521 g/mol. The molecule has 2 saturated heterocycles. The predicted molar refractivity (Wildman–Crippen MR) is 119 cm³/mol. The smallest absolute Gasteiger partial charge is 0.410 e. The van der Waals surface area contributed by atoms with Crippen molar-refractivity contribution in [3.63, 3.8) is 0 Å². The molecule has 0 atom stereocenters. The lowest BCUT2D eigenvalue weighted by molar-refractivity contribution is 0.142. The van der Waals surface area contributed by atoms with Crippen molar-refractivity contribution in [2.75, 3.05) is 31.1 Å². The summed E-state index contributed by atoms with van der Waals surface area (Å²) >= 11 is 5.66. The first-order chi connectivity index (χ1) is 15.2. The van der Waals surface area contributed by atoms with Gasteiger partial charge in [-0.05, 0) is 25.0 Å². The molecule has 5 rings (SSSR count). The maximum absolute atomic E-state index is 14.5. The minimum Gasteiger partial charge on any atom is -0.448 e. The van der Waals surface area contributed by atoms with Crippen LogP contribution in [0.1, 0.15) is 24.1 Å². The highest BCUT2D eigenvalue weighted by Crippen LogP contribution is 2.36. The Bertz CT molecular complexity index is 1220. The Labute approximate surface area is 200 Å². The van der Waals surface area contributed by atoms with E-state index in [1.54, 1.807) is 4.90 Å². The normalized spacial score (nSPS) is 19.9. The highest BCUT2D eigenvalue weighted by molar-refractivity contribution is 7.90. The molecule has 33 heavy (non-hydrogen) atoms. The van der Waals surface area contributed by atoms with Crippen molar-refractivity contribution in [1.82, 2.24) is 14.9 Å². The molecule has 0 aliphatic carbocycles. The van der Waals surface area contributed by atoms with Gasteiger partial charge in [-0.25, -0.2) is 32.0 Å². The highest BCUT2D eigenvalue weighted by atomic mass is 35.5. The van der Waals surface area contributed by atoms with E-state index in [2.05, 4.69) is 9.97 Å². The first-order valence-corrected chi connectivity index (χ1v) is 12.4. The van der Waals surface area contributed by atoms with Crippen LogP contribution in [0, 0.1) is 11.6 Å². The molecule has 0 radical (unpaired) electrons.